The fraction of sp³-hybridized carbons (Fsp3) is 0.400. The van der Waals surface area contributed by atoms with Crippen molar-refractivity contribution in [1.29, 1.82) is 0 Å². The number of nitrogens with zero attached hydrogens (tertiary/aromatic N) is 4. The third-order valence-electron chi connectivity index (χ3n) is 6.17. The third kappa shape index (κ3) is 5.81. The van der Waals surface area contributed by atoms with Crippen LogP contribution in [0.2, 0.25) is 5.02 Å². The van der Waals surface area contributed by atoms with E-state index in [2.05, 4.69) is 10.0 Å². The zero-order valence-electron chi connectivity index (χ0n) is 19.1. The van der Waals surface area contributed by atoms with Crippen LogP contribution in [0.15, 0.2) is 53.6 Å². The van der Waals surface area contributed by atoms with E-state index in [0.29, 0.717) is 49.0 Å². The molecule has 0 N–H and O–H groups in total. The molecule has 1 atom stereocenters. The van der Waals surface area contributed by atoms with Crippen LogP contribution in [0.1, 0.15) is 30.5 Å². The molecule has 180 valence electrons. The van der Waals surface area contributed by atoms with Gasteiger partial charge in [-0.25, -0.2) is 9.40 Å². The number of ether oxygens (including phenoxy) is 1. The molecule has 7 nitrogen and oxygen atoms in total. The number of amides is 2. The number of hydrazone groups is 1. The van der Waals surface area contributed by atoms with Crippen molar-refractivity contribution < 1.29 is 18.7 Å². The molecule has 2 aliphatic rings. The second kappa shape index (κ2) is 11.1. The Bertz CT molecular complexity index is 1060. The maximum atomic E-state index is 14.5. The lowest BCUT2D eigenvalue weighted by atomic mass is 9.98. The molecule has 34 heavy (non-hydrogen) atoms. The average molecular weight is 487 g/mol. The Hall–Kier alpha value is -2.81. The number of hydrogen-bond donors (Lipinski definition) is 0. The summed E-state index contributed by atoms with van der Waals surface area (Å²) in [5, 5.41) is 6.49. The molecule has 0 saturated carbocycles. The van der Waals surface area contributed by atoms with Crippen molar-refractivity contribution in [3.8, 4) is 0 Å². The lowest BCUT2D eigenvalue weighted by Crippen LogP contribution is -2.45. The van der Waals surface area contributed by atoms with Crippen LogP contribution in [-0.4, -0.2) is 78.3 Å². The fourth-order valence-corrected chi connectivity index (χ4v) is 4.34. The Morgan fingerprint density at radius 1 is 1.15 bits per heavy atom. The molecule has 2 aliphatic heterocycles. The van der Waals surface area contributed by atoms with Crippen LogP contribution in [-0.2, 0) is 14.3 Å². The summed E-state index contributed by atoms with van der Waals surface area (Å²) in [4.78, 5) is 29.4. The van der Waals surface area contributed by atoms with E-state index >= 15 is 0 Å². The largest absolute Gasteiger partial charge is 0.379 e. The lowest BCUT2D eigenvalue weighted by molar-refractivity contribution is -0.140. The van der Waals surface area contributed by atoms with Gasteiger partial charge in [-0.05, 0) is 23.8 Å². The normalized spacial score (nSPS) is 18.6. The molecule has 2 aromatic rings. The summed E-state index contributed by atoms with van der Waals surface area (Å²) in [6.45, 7) is 5.41. The zero-order chi connectivity index (χ0) is 24.1. The molecular formula is C25H28ClFN4O3. The van der Waals surface area contributed by atoms with Gasteiger partial charge in [0.1, 0.15) is 12.4 Å². The number of halogens is 2. The summed E-state index contributed by atoms with van der Waals surface area (Å²) in [5.41, 5.74) is 1.71. The molecule has 2 aromatic carbocycles. The minimum absolute atomic E-state index is 0.0994. The van der Waals surface area contributed by atoms with Crippen LogP contribution >= 0.6 is 11.6 Å². The highest BCUT2D eigenvalue weighted by Crippen LogP contribution is 2.34. The van der Waals surface area contributed by atoms with Gasteiger partial charge in [0.25, 0.3) is 5.91 Å². The van der Waals surface area contributed by atoms with Gasteiger partial charge in [-0.2, -0.15) is 5.10 Å². The van der Waals surface area contributed by atoms with Crippen molar-refractivity contribution in [1.82, 2.24) is 14.8 Å². The van der Waals surface area contributed by atoms with Gasteiger partial charge in [0.2, 0.25) is 5.91 Å². The van der Waals surface area contributed by atoms with Gasteiger partial charge < -0.3 is 9.64 Å². The molecule has 0 aromatic heterocycles. The van der Waals surface area contributed by atoms with E-state index in [1.165, 1.54) is 22.9 Å². The Labute approximate surface area is 203 Å². The second-order valence-electron chi connectivity index (χ2n) is 8.43. The Morgan fingerprint density at radius 2 is 1.85 bits per heavy atom. The molecule has 2 amide bonds. The van der Waals surface area contributed by atoms with Gasteiger partial charge >= 0.3 is 0 Å². The first-order valence-electron chi connectivity index (χ1n) is 11.4. The Morgan fingerprint density at radius 3 is 2.53 bits per heavy atom. The van der Waals surface area contributed by atoms with Gasteiger partial charge in [0, 0.05) is 50.1 Å². The number of rotatable bonds is 7. The monoisotopic (exact) mass is 486 g/mol. The first kappa shape index (κ1) is 24.3. The van der Waals surface area contributed by atoms with E-state index in [1.54, 1.807) is 30.3 Å². The van der Waals surface area contributed by atoms with E-state index in [0.717, 1.165) is 18.7 Å². The van der Waals surface area contributed by atoms with Crippen LogP contribution in [0.3, 0.4) is 0 Å². The number of benzene rings is 2. The summed E-state index contributed by atoms with van der Waals surface area (Å²) in [6, 6.07) is 13.2. The van der Waals surface area contributed by atoms with Crippen LogP contribution < -0.4 is 0 Å². The molecule has 0 aliphatic carbocycles. The van der Waals surface area contributed by atoms with Crippen LogP contribution in [0.5, 0.6) is 0 Å². The summed E-state index contributed by atoms with van der Waals surface area (Å²) >= 11 is 6.05. The smallest absolute Gasteiger partial charge is 0.262 e. The highest BCUT2D eigenvalue weighted by Gasteiger charge is 2.34. The van der Waals surface area contributed by atoms with Crippen molar-refractivity contribution in [2.24, 2.45) is 5.10 Å². The average Bonchev–Trinajstić information content (AvgIpc) is 3.28. The van der Waals surface area contributed by atoms with E-state index in [1.807, 2.05) is 12.1 Å². The first-order chi connectivity index (χ1) is 16.4. The third-order valence-corrected chi connectivity index (χ3v) is 6.42. The number of hydrogen-bond acceptors (Lipinski definition) is 5. The maximum absolute atomic E-state index is 14.5. The van der Waals surface area contributed by atoms with Crippen LogP contribution in [0.25, 0.3) is 0 Å². The summed E-state index contributed by atoms with van der Waals surface area (Å²) in [7, 11) is 0. The van der Waals surface area contributed by atoms with Crippen molar-refractivity contribution in [3.05, 3.63) is 70.5 Å². The summed E-state index contributed by atoms with van der Waals surface area (Å²) < 4.78 is 19.8. The fourth-order valence-electron chi connectivity index (χ4n) is 4.21. The van der Waals surface area contributed by atoms with E-state index in [-0.39, 0.29) is 24.2 Å². The standard InChI is InChI=1S/C25H28ClFN4O3/c1-18(32)30(11-10-29-12-14-34-15-13-29)17-25(33)31-24(19-6-8-20(26)9-7-19)16-23(28-31)21-4-2-3-5-22(21)27/h2-9,24H,10-17H2,1H3/t24-/m0/s1. The number of morpholine rings is 1. The maximum Gasteiger partial charge on any atom is 0.262 e. The van der Waals surface area contributed by atoms with Gasteiger partial charge in [0.15, 0.2) is 0 Å². The molecule has 0 unspecified atom stereocenters. The van der Waals surface area contributed by atoms with E-state index < -0.39 is 6.04 Å². The molecule has 4 rings (SSSR count). The van der Waals surface area contributed by atoms with Crippen LogP contribution in [0, 0.1) is 5.82 Å². The van der Waals surface area contributed by atoms with Crippen LogP contribution in [0.4, 0.5) is 4.39 Å². The zero-order valence-corrected chi connectivity index (χ0v) is 19.9. The van der Waals surface area contributed by atoms with Crippen molar-refractivity contribution >= 4 is 29.1 Å². The Balaban J connectivity index is 1.53. The lowest BCUT2D eigenvalue weighted by Gasteiger charge is -2.30. The minimum Gasteiger partial charge on any atom is -0.379 e. The number of carbonyl (C=O) groups is 2. The van der Waals surface area contributed by atoms with Crippen molar-refractivity contribution in [2.45, 2.75) is 19.4 Å². The highest BCUT2D eigenvalue weighted by molar-refractivity contribution is 6.30. The second-order valence-corrected chi connectivity index (χ2v) is 8.87. The summed E-state index contributed by atoms with van der Waals surface area (Å²) in [6.07, 6.45) is 0.363. The molecular weight excluding hydrogens is 459 g/mol. The predicted octanol–water partition coefficient (Wildman–Crippen LogP) is 3.34. The molecule has 0 spiro atoms. The number of carbonyl (C=O) groups excluding carboxylic acids is 2. The highest BCUT2D eigenvalue weighted by atomic mass is 35.5. The topological polar surface area (TPSA) is 65.5 Å². The minimum atomic E-state index is -0.410. The first-order valence-corrected chi connectivity index (χ1v) is 11.8. The van der Waals surface area contributed by atoms with Gasteiger partial charge in [-0.3, -0.25) is 14.5 Å². The predicted molar refractivity (Wildman–Crippen MR) is 128 cm³/mol. The Kier molecular flexibility index (Phi) is 7.92. The molecule has 1 fully saturated rings. The quantitative estimate of drug-likeness (QED) is 0.602. The SMILES string of the molecule is CC(=O)N(CCN1CCOCC1)CC(=O)N1N=C(c2ccccc2F)C[C@H]1c1ccc(Cl)cc1. The van der Waals surface area contributed by atoms with Gasteiger partial charge in [-0.1, -0.05) is 41.9 Å². The molecule has 0 radical (unpaired) electrons. The van der Waals surface area contributed by atoms with E-state index in [4.69, 9.17) is 16.3 Å². The van der Waals surface area contributed by atoms with E-state index in [9.17, 15) is 14.0 Å². The molecule has 9 heteroatoms. The van der Waals surface area contributed by atoms with Gasteiger partial charge in [0.05, 0.1) is 25.0 Å². The molecule has 2 heterocycles. The van der Waals surface area contributed by atoms with Gasteiger partial charge in [-0.15, -0.1) is 0 Å². The van der Waals surface area contributed by atoms with Crippen molar-refractivity contribution in [3.63, 3.8) is 0 Å². The summed E-state index contributed by atoms with van der Waals surface area (Å²) in [5.74, 6) is -0.882. The molecule has 0 bridgehead atoms. The molecule has 1 saturated heterocycles. The van der Waals surface area contributed by atoms with Crippen molar-refractivity contribution in [2.75, 3.05) is 45.9 Å².